The van der Waals surface area contributed by atoms with Crippen molar-refractivity contribution in [2.45, 2.75) is 38.2 Å². The Morgan fingerprint density at radius 1 is 1.11 bits per heavy atom. The summed E-state index contributed by atoms with van der Waals surface area (Å²) in [6.07, 6.45) is 11.1. The summed E-state index contributed by atoms with van der Waals surface area (Å²) in [5.74, 6) is 1.12. The van der Waals surface area contributed by atoms with Gasteiger partial charge in [0.25, 0.3) is 0 Å². The average molecular weight is 505 g/mol. The molecule has 5 heterocycles. The second-order valence-corrected chi connectivity index (χ2v) is 9.89. The van der Waals surface area contributed by atoms with Gasteiger partial charge >= 0.3 is 0 Å². The number of nitrogens with zero attached hydrogens (tertiary/aromatic N) is 8. The van der Waals surface area contributed by atoms with E-state index in [4.69, 9.17) is 9.72 Å². The van der Waals surface area contributed by atoms with Crippen molar-refractivity contribution in [1.82, 2.24) is 29.9 Å². The van der Waals surface area contributed by atoms with Gasteiger partial charge in [-0.15, -0.1) is 18.3 Å². The monoisotopic (exact) mass is 504 g/mol. The number of hydrogen-bond donors (Lipinski definition) is 0. The van der Waals surface area contributed by atoms with Gasteiger partial charge in [0.1, 0.15) is 11.4 Å². The molecule has 9 nitrogen and oxygen atoms in total. The lowest BCUT2D eigenvalue weighted by molar-refractivity contribution is -0.0335. The van der Waals surface area contributed by atoms with E-state index < -0.39 is 5.95 Å². The lowest BCUT2D eigenvalue weighted by Crippen LogP contribution is -2.45. The Morgan fingerprint density at radius 2 is 1.95 bits per heavy atom. The molecule has 1 atom stereocenters. The highest BCUT2D eigenvalue weighted by atomic mass is 19.1. The normalized spacial score (nSPS) is 19.6. The standard InChI is InChI=1S/C27H33FN8O/c1-4-17-37-27(3)11-15-34(16-12-27)25-23(8-9-24(28)31-25)36-19-22(32-33-36)21-10-13-29-26(30-21)35-14-6-7-20(5-2)18-35/h4-5,8-10,13,19-20H,1-2,6-7,11-12,14-18H2,3H3. The van der Waals surface area contributed by atoms with Crippen LogP contribution in [-0.2, 0) is 4.74 Å². The van der Waals surface area contributed by atoms with Crippen molar-refractivity contribution in [2.24, 2.45) is 5.92 Å². The summed E-state index contributed by atoms with van der Waals surface area (Å²) in [6, 6.07) is 4.86. The lowest BCUT2D eigenvalue weighted by Gasteiger charge is -2.40. The zero-order chi connectivity index (χ0) is 25.8. The third-order valence-corrected chi connectivity index (χ3v) is 7.21. The number of aromatic nitrogens is 6. The molecule has 2 saturated heterocycles. The molecule has 0 aliphatic carbocycles. The van der Waals surface area contributed by atoms with Gasteiger partial charge in [-0.3, -0.25) is 0 Å². The number of halogens is 1. The summed E-state index contributed by atoms with van der Waals surface area (Å²) in [4.78, 5) is 17.8. The molecule has 1 unspecified atom stereocenters. The van der Waals surface area contributed by atoms with E-state index in [0.717, 1.165) is 38.8 Å². The smallest absolute Gasteiger partial charge is 0.225 e. The maximum Gasteiger partial charge on any atom is 0.225 e. The van der Waals surface area contributed by atoms with Gasteiger partial charge in [0, 0.05) is 32.4 Å². The summed E-state index contributed by atoms with van der Waals surface area (Å²) in [5.41, 5.74) is 1.72. The van der Waals surface area contributed by atoms with E-state index >= 15 is 0 Å². The van der Waals surface area contributed by atoms with Crippen LogP contribution in [0, 0.1) is 11.9 Å². The van der Waals surface area contributed by atoms with Crippen LogP contribution in [0.3, 0.4) is 0 Å². The zero-order valence-electron chi connectivity index (χ0n) is 21.3. The van der Waals surface area contributed by atoms with Gasteiger partial charge in [-0.05, 0) is 56.7 Å². The molecule has 194 valence electrons. The number of hydrogen-bond acceptors (Lipinski definition) is 8. The molecule has 0 saturated carbocycles. The van der Waals surface area contributed by atoms with Crippen LogP contribution in [0.25, 0.3) is 17.1 Å². The molecule has 3 aromatic rings. The SMILES string of the molecule is C=CCOC1(C)CCN(c2nc(F)ccc2-n2cc(-c3ccnc(N4CCCC(C=C)C4)n3)nn2)CC1. The molecule has 3 aromatic heterocycles. The maximum absolute atomic E-state index is 14.2. The van der Waals surface area contributed by atoms with E-state index in [1.807, 2.05) is 12.1 Å². The minimum absolute atomic E-state index is 0.233. The number of rotatable bonds is 8. The first-order valence-electron chi connectivity index (χ1n) is 12.8. The van der Waals surface area contributed by atoms with E-state index in [1.54, 1.807) is 29.2 Å². The Bertz CT molecular complexity index is 1250. The fourth-order valence-corrected chi connectivity index (χ4v) is 4.95. The second-order valence-electron chi connectivity index (χ2n) is 9.89. The molecule has 0 amide bonds. The summed E-state index contributed by atoms with van der Waals surface area (Å²) in [7, 11) is 0. The van der Waals surface area contributed by atoms with Crippen LogP contribution in [0.15, 0.2) is 55.9 Å². The van der Waals surface area contributed by atoms with Crippen molar-refractivity contribution in [1.29, 1.82) is 0 Å². The van der Waals surface area contributed by atoms with Gasteiger partial charge < -0.3 is 14.5 Å². The van der Waals surface area contributed by atoms with E-state index in [1.165, 1.54) is 6.07 Å². The largest absolute Gasteiger partial charge is 0.371 e. The minimum atomic E-state index is -0.532. The first-order chi connectivity index (χ1) is 18.0. The maximum atomic E-state index is 14.2. The molecule has 2 fully saturated rings. The summed E-state index contributed by atoms with van der Waals surface area (Å²) in [6.45, 7) is 13.5. The molecule has 0 aromatic carbocycles. The molecule has 37 heavy (non-hydrogen) atoms. The Morgan fingerprint density at radius 3 is 2.73 bits per heavy atom. The highest BCUT2D eigenvalue weighted by Crippen LogP contribution is 2.31. The molecule has 0 radical (unpaired) electrons. The second kappa shape index (κ2) is 10.8. The van der Waals surface area contributed by atoms with Gasteiger partial charge in [0.05, 0.1) is 24.1 Å². The molecule has 2 aliphatic heterocycles. The van der Waals surface area contributed by atoms with Gasteiger partial charge in [-0.1, -0.05) is 17.4 Å². The molecule has 10 heteroatoms. The van der Waals surface area contributed by atoms with Crippen LogP contribution in [0.1, 0.15) is 32.6 Å². The lowest BCUT2D eigenvalue weighted by atomic mass is 9.93. The fourth-order valence-electron chi connectivity index (χ4n) is 4.95. The first kappa shape index (κ1) is 25.0. The minimum Gasteiger partial charge on any atom is -0.371 e. The molecular weight excluding hydrogens is 471 g/mol. The highest BCUT2D eigenvalue weighted by molar-refractivity contribution is 5.60. The predicted molar refractivity (Wildman–Crippen MR) is 141 cm³/mol. The van der Waals surface area contributed by atoms with Crippen molar-refractivity contribution in [3.8, 4) is 17.1 Å². The Balaban J connectivity index is 1.37. The third-order valence-electron chi connectivity index (χ3n) is 7.21. The van der Waals surface area contributed by atoms with Crippen molar-refractivity contribution in [3.63, 3.8) is 0 Å². The number of ether oxygens (including phenoxy) is 1. The highest BCUT2D eigenvalue weighted by Gasteiger charge is 2.32. The molecule has 0 bridgehead atoms. The Kier molecular flexibility index (Phi) is 7.27. The summed E-state index contributed by atoms with van der Waals surface area (Å²) >= 11 is 0. The van der Waals surface area contributed by atoms with Crippen molar-refractivity contribution >= 4 is 11.8 Å². The Hall–Kier alpha value is -3.66. The van der Waals surface area contributed by atoms with Gasteiger partial charge in [0.15, 0.2) is 5.82 Å². The third kappa shape index (κ3) is 5.53. The van der Waals surface area contributed by atoms with E-state index in [-0.39, 0.29) is 5.60 Å². The predicted octanol–water partition coefficient (Wildman–Crippen LogP) is 4.22. The number of anilines is 2. The molecular formula is C27H33FN8O. The molecule has 0 spiro atoms. The van der Waals surface area contributed by atoms with Crippen LogP contribution < -0.4 is 9.80 Å². The zero-order valence-corrected chi connectivity index (χ0v) is 21.3. The summed E-state index contributed by atoms with van der Waals surface area (Å²) < 4.78 is 21.8. The van der Waals surface area contributed by atoms with Crippen LogP contribution in [0.4, 0.5) is 16.2 Å². The van der Waals surface area contributed by atoms with Gasteiger partial charge in [0.2, 0.25) is 11.9 Å². The van der Waals surface area contributed by atoms with Crippen LogP contribution in [0.5, 0.6) is 0 Å². The van der Waals surface area contributed by atoms with E-state index in [2.05, 4.69) is 50.2 Å². The first-order valence-corrected chi connectivity index (χ1v) is 12.8. The summed E-state index contributed by atoms with van der Waals surface area (Å²) in [5, 5.41) is 8.70. The Labute approximate surface area is 216 Å². The van der Waals surface area contributed by atoms with Crippen LogP contribution in [0.2, 0.25) is 0 Å². The number of pyridine rings is 1. The quantitative estimate of drug-likeness (QED) is 0.333. The average Bonchev–Trinajstić information content (AvgIpc) is 3.43. The van der Waals surface area contributed by atoms with Crippen LogP contribution >= 0.6 is 0 Å². The molecule has 5 rings (SSSR count). The van der Waals surface area contributed by atoms with Gasteiger partial charge in [-0.25, -0.2) is 19.6 Å². The molecule has 2 aliphatic rings. The molecule has 0 N–H and O–H groups in total. The van der Waals surface area contributed by atoms with Crippen molar-refractivity contribution in [2.75, 3.05) is 42.6 Å². The van der Waals surface area contributed by atoms with E-state index in [0.29, 0.717) is 54.5 Å². The van der Waals surface area contributed by atoms with Crippen molar-refractivity contribution < 1.29 is 9.13 Å². The van der Waals surface area contributed by atoms with E-state index in [9.17, 15) is 4.39 Å². The fraction of sp³-hybridized carbons (Fsp3) is 0.444. The topological polar surface area (TPSA) is 85.1 Å². The van der Waals surface area contributed by atoms with Gasteiger partial charge in [-0.2, -0.15) is 4.39 Å². The number of piperidine rings is 2. The van der Waals surface area contributed by atoms with Crippen LogP contribution in [-0.4, -0.2) is 68.3 Å². The van der Waals surface area contributed by atoms with Crippen molar-refractivity contribution in [3.05, 3.63) is 61.9 Å².